The molecular formula is C14H16ClF3O2. The average Bonchev–Trinajstić information content (AvgIpc) is 2.31. The standard InChI is InChI=1S/C14H16ClF3O2/c1-4-20-13(19)12(9(3)14(16,17)18)11-6-5-10(15)7-8(11)2/h5-7,9,12H,4H2,1-3H3. The highest BCUT2D eigenvalue weighted by Gasteiger charge is 2.46. The molecule has 0 heterocycles. The first-order chi connectivity index (χ1) is 9.18. The third kappa shape index (κ3) is 3.88. The van der Waals surface area contributed by atoms with Crippen molar-refractivity contribution in [2.24, 2.45) is 5.92 Å². The molecule has 20 heavy (non-hydrogen) atoms. The number of carbonyl (C=O) groups excluding carboxylic acids is 1. The Labute approximate surface area is 120 Å². The third-order valence-corrected chi connectivity index (χ3v) is 3.36. The molecule has 0 aliphatic carbocycles. The molecule has 6 heteroatoms. The first-order valence-corrected chi connectivity index (χ1v) is 6.55. The van der Waals surface area contributed by atoms with Crippen molar-refractivity contribution in [3.05, 3.63) is 34.3 Å². The number of aryl methyl sites for hydroxylation is 1. The molecule has 2 nitrogen and oxygen atoms in total. The van der Waals surface area contributed by atoms with Crippen molar-refractivity contribution < 1.29 is 22.7 Å². The summed E-state index contributed by atoms with van der Waals surface area (Å²) in [6, 6.07) is 4.45. The van der Waals surface area contributed by atoms with Crippen LogP contribution < -0.4 is 0 Å². The topological polar surface area (TPSA) is 26.3 Å². The molecule has 1 aromatic carbocycles. The first kappa shape index (κ1) is 16.8. The zero-order valence-electron chi connectivity index (χ0n) is 11.4. The molecule has 0 bridgehead atoms. The number of rotatable bonds is 4. The van der Waals surface area contributed by atoms with Gasteiger partial charge in [-0.15, -0.1) is 0 Å². The van der Waals surface area contributed by atoms with Crippen LogP contribution in [0.2, 0.25) is 5.02 Å². The first-order valence-electron chi connectivity index (χ1n) is 6.17. The molecule has 0 N–H and O–H groups in total. The minimum atomic E-state index is -4.48. The molecule has 0 fully saturated rings. The summed E-state index contributed by atoms with van der Waals surface area (Å²) in [6.45, 7) is 4.20. The molecule has 0 aromatic heterocycles. The van der Waals surface area contributed by atoms with Gasteiger partial charge in [0.05, 0.1) is 18.4 Å². The fourth-order valence-electron chi connectivity index (χ4n) is 2.01. The number of hydrogen-bond donors (Lipinski definition) is 0. The van der Waals surface area contributed by atoms with Crippen LogP contribution in [-0.4, -0.2) is 18.8 Å². The fraction of sp³-hybridized carbons (Fsp3) is 0.500. The molecule has 0 amide bonds. The van der Waals surface area contributed by atoms with E-state index in [0.29, 0.717) is 10.6 Å². The van der Waals surface area contributed by atoms with E-state index in [1.165, 1.54) is 18.2 Å². The summed E-state index contributed by atoms with van der Waals surface area (Å²) in [5.41, 5.74) is 0.823. The molecule has 0 saturated carbocycles. The smallest absolute Gasteiger partial charge is 0.392 e. The Hall–Kier alpha value is -1.23. The van der Waals surface area contributed by atoms with Crippen LogP contribution in [0, 0.1) is 12.8 Å². The predicted octanol–water partition coefficient (Wildman–Crippen LogP) is 4.49. The van der Waals surface area contributed by atoms with Crippen LogP contribution in [0.5, 0.6) is 0 Å². The maximum absolute atomic E-state index is 13.0. The quantitative estimate of drug-likeness (QED) is 0.766. The number of alkyl halides is 3. The van der Waals surface area contributed by atoms with E-state index in [-0.39, 0.29) is 12.2 Å². The molecule has 0 aliphatic rings. The van der Waals surface area contributed by atoms with Crippen molar-refractivity contribution in [2.45, 2.75) is 32.9 Å². The van der Waals surface area contributed by atoms with E-state index in [1.807, 2.05) is 0 Å². The van der Waals surface area contributed by atoms with Crippen LogP contribution in [0.15, 0.2) is 18.2 Å². The zero-order chi connectivity index (χ0) is 15.5. The van der Waals surface area contributed by atoms with Gasteiger partial charge in [-0.3, -0.25) is 4.79 Å². The van der Waals surface area contributed by atoms with Crippen molar-refractivity contribution >= 4 is 17.6 Å². The molecule has 0 aliphatic heterocycles. The van der Waals surface area contributed by atoms with E-state index in [1.54, 1.807) is 13.8 Å². The highest BCUT2D eigenvalue weighted by atomic mass is 35.5. The van der Waals surface area contributed by atoms with E-state index in [0.717, 1.165) is 6.92 Å². The van der Waals surface area contributed by atoms with Gasteiger partial charge < -0.3 is 4.74 Å². The number of ether oxygens (including phenoxy) is 1. The molecule has 112 valence electrons. The highest BCUT2D eigenvalue weighted by molar-refractivity contribution is 6.30. The number of carbonyl (C=O) groups is 1. The monoisotopic (exact) mass is 308 g/mol. The van der Waals surface area contributed by atoms with Crippen molar-refractivity contribution in [1.29, 1.82) is 0 Å². The van der Waals surface area contributed by atoms with Gasteiger partial charge >= 0.3 is 12.1 Å². The SMILES string of the molecule is CCOC(=O)C(c1ccc(Cl)cc1C)C(C)C(F)(F)F. The van der Waals surface area contributed by atoms with E-state index in [2.05, 4.69) is 0 Å². The van der Waals surface area contributed by atoms with Gasteiger partial charge in [0.2, 0.25) is 0 Å². The van der Waals surface area contributed by atoms with Gasteiger partial charge in [0, 0.05) is 5.02 Å². The molecular weight excluding hydrogens is 293 g/mol. The second-order valence-corrected chi connectivity index (χ2v) is 5.00. The Morgan fingerprint density at radius 1 is 1.40 bits per heavy atom. The van der Waals surface area contributed by atoms with E-state index < -0.39 is 24.0 Å². The summed E-state index contributed by atoms with van der Waals surface area (Å²) in [5.74, 6) is -4.09. The van der Waals surface area contributed by atoms with Gasteiger partial charge in [-0.05, 0) is 37.1 Å². The predicted molar refractivity (Wildman–Crippen MR) is 70.8 cm³/mol. The molecule has 1 aromatic rings. The van der Waals surface area contributed by atoms with Crippen LogP contribution in [0.4, 0.5) is 13.2 Å². The zero-order valence-corrected chi connectivity index (χ0v) is 12.2. The summed E-state index contributed by atoms with van der Waals surface area (Å²) in [5, 5.41) is 0.411. The summed E-state index contributed by atoms with van der Waals surface area (Å²) in [6.07, 6.45) is -4.48. The second-order valence-electron chi connectivity index (χ2n) is 4.56. The summed E-state index contributed by atoms with van der Waals surface area (Å²) >= 11 is 5.79. The molecule has 0 radical (unpaired) electrons. The third-order valence-electron chi connectivity index (χ3n) is 3.12. The lowest BCUT2D eigenvalue weighted by Gasteiger charge is -2.26. The van der Waals surface area contributed by atoms with Crippen LogP contribution in [0.1, 0.15) is 30.9 Å². The maximum atomic E-state index is 13.0. The highest BCUT2D eigenvalue weighted by Crippen LogP contribution is 2.39. The summed E-state index contributed by atoms with van der Waals surface area (Å²) in [4.78, 5) is 11.9. The van der Waals surface area contributed by atoms with Gasteiger partial charge in [-0.25, -0.2) is 0 Å². The van der Waals surface area contributed by atoms with E-state index in [9.17, 15) is 18.0 Å². The van der Waals surface area contributed by atoms with Crippen molar-refractivity contribution in [3.63, 3.8) is 0 Å². The number of esters is 1. The van der Waals surface area contributed by atoms with Gasteiger partial charge in [-0.2, -0.15) is 13.2 Å². The number of hydrogen-bond acceptors (Lipinski definition) is 2. The average molecular weight is 309 g/mol. The Kier molecular flexibility index (Phi) is 5.45. The van der Waals surface area contributed by atoms with Gasteiger partial charge in [0.25, 0.3) is 0 Å². The molecule has 2 unspecified atom stereocenters. The maximum Gasteiger partial charge on any atom is 0.392 e. The molecule has 1 rings (SSSR count). The largest absolute Gasteiger partial charge is 0.466 e. The number of benzene rings is 1. The van der Waals surface area contributed by atoms with E-state index >= 15 is 0 Å². The minimum absolute atomic E-state index is 0.0343. The van der Waals surface area contributed by atoms with Gasteiger partial charge in [-0.1, -0.05) is 24.6 Å². The Balaban J connectivity index is 3.26. The Morgan fingerprint density at radius 3 is 2.45 bits per heavy atom. The normalized spacial score (nSPS) is 14.8. The second kappa shape index (κ2) is 6.48. The van der Waals surface area contributed by atoms with Crippen LogP contribution in [0.25, 0.3) is 0 Å². The fourth-order valence-corrected chi connectivity index (χ4v) is 2.24. The van der Waals surface area contributed by atoms with Crippen LogP contribution >= 0.6 is 11.6 Å². The van der Waals surface area contributed by atoms with E-state index in [4.69, 9.17) is 16.3 Å². The number of halogens is 4. The minimum Gasteiger partial charge on any atom is -0.466 e. The Morgan fingerprint density at radius 2 is 2.00 bits per heavy atom. The van der Waals surface area contributed by atoms with Crippen LogP contribution in [-0.2, 0) is 9.53 Å². The van der Waals surface area contributed by atoms with Crippen molar-refractivity contribution in [3.8, 4) is 0 Å². The van der Waals surface area contributed by atoms with Crippen molar-refractivity contribution in [2.75, 3.05) is 6.61 Å². The van der Waals surface area contributed by atoms with Crippen LogP contribution in [0.3, 0.4) is 0 Å². The lowest BCUT2D eigenvalue weighted by atomic mass is 9.84. The summed E-state index contributed by atoms with van der Waals surface area (Å²) < 4.78 is 43.7. The molecule has 0 saturated heterocycles. The van der Waals surface area contributed by atoms with Crippen molar-refractivity contribution in [1.82, 2.24) is 0 Å². The molecule has 2 atom stereocenters. The van der Waals surface area contributed by atoms with Gasteiger partial charge in [0.1, 0.15) is 0 Å². The van der Waals surface area contributed by atoms with Gasteiger partial charge in [0.15, 0.2) is 0 Å². The Bertz CT molecular complexity index is 486. The molecule has 0 spiro atoms. The lowest BCUT2D eigenvalue weighted by Crippen LogP contribution is -2.32. The summed E-state index contributed by atoms with van der Waals surface area (Å²) in [7, 11) is 0. The lowest BCUT2D eigenvalue weighted by molar-refractivity contribution is -0.185.